The van der Waals surface area contributed by atoms with E-state index in [4.69, 9.17) is 11.6 Å². The van der Waals surface area contributed by atoms with Crippen LogP contribution in [-0.2, 0) is 0 Å². The lowest BCUT2D eigenvalue weighted by Crippen LogP contribution is -1.83. The van der Waals surface area contributed by atoms with Gasteiger partial charge in [-0.1, -0.05) is 23.7 Å². The predicted molar refractivity (Wildman–Crippen MR) is 74.9 cm³/mol. The lowest BCUT2D eigenvalue weighted by Gasteiger charge is -2.00. The molecule has 0 aliphatic carbocycles. The molecule has 0 fully saturated rings. The summed E-state index contributed by atoms with van der Waals surface area (Å²) in [4.78, 5) is 5.54. The van der Waals surface area contributed by atoms with Crippen molar-refractivity contribution in [3.8, 4) is 22.1 Å². The highest BCUT2D eigenvalue weighted by Gasteiger charge is 2.11. The fourth-order valence-electron chi connectivity index (χ4n) is 1.71. The van der Waals surface area contributed by atoms with Crippen LogP contribution in [0.2, 0.25) is 5.02 Å². The first kappa shape index (κ1) is 11.4. The Morgan fingerprint density at radius 1 is 1.28 bits per heavy atom. The molecule has 0 saturated carbocycles. The number of hydrogen-bond donors (Lipinski definition) is 1. The van der Waals surface area contributed by atoms with Gasteiger partial charge in [-0.2, -0.15) is 5.10 Å². The van der Waals surface area contributed by atoms with Gasteiger partial charge in [0.15, 0.2) is 11.6 Å². The van der Waals surface area contributed by atoms with Gasteiger partial charge in [-0.15, -0.1) is 11.3 Å². The van der Waals surface area contributed by atoms with Gasteiger partial charge in [-0.05, 0) is 36.1 Å². The van der Waals surface area contributed by atoms with Crippen LogP contribution in [0.4, 0.5) is 0 Å². The summed E-state index contributed by atoms with van der Waals surface area (Å²) < 4.78 is 0. The maximum Gasteiger partial charge on any atom is 0.183 e. The van der Waals surface area contributed by atoms with Crippen molar-refractivity contribution in [1.82, 2.24) is 15.2 Å². The third-order valence-electron chi connectivity index (χ3n) is 2.61. The largest absolute Gasteiger partial charge is 0.258 e. The van der Waals surface area contributed by atoms with Crippen LogP contribution < -0.4 is 0 Å². The van der Waals surface area contributed by atoms with Gasteiger partial charge in [0.25, 0.3) is 0 Å². The lowest BCUT2D eigenvalue weighted by molar-refractivity contribution is 1.10. The molecule has 90 valence electrons. The van der Waals surface area contributed by atoms with E-state index >= 15 is 0 Å². The Balaban J connectivity index is 2.03. The van der Waals surface area contributed by atoms with Crippen molar-refractivity contribution in [1.29, 1.82) is 0 Å². The molecule has 2 heterocycles. The van der Waals surface area contributed by atoms with Gasteiger partial charge < -0.3 is 0 Å². The van der Waals surface area contributed by atoms with Gasteiger partial charge in [0.05, 0.1) is 9.90 Å². The van der Waals surface area contributed by atoms with Crippen molar-refractivity contribution in [2.75, 3.05) is 0 Å². The van der Waals surface area contributed by atoms with E-state index in [1.807, 2.05) is 42.6 Å². The summed E-state index contributed by atoms with van der Waals surface area (Å²) in [7, 11) is 0. The van der Waals surface area contributed by atoms with Crippen LogP contribution >= 0.6 is 22.9 Å². The fourth-order valence-corrected chi connectivity index (χ4v) is 2.69. The van der Waals surface area contributed by atoms with E-state index in [1.165, 1.54) is 0 Å². The van der Waals surface area contributed by atoms with E-state index in [1.54, 1.807) is 11.3 Å². The monoisotopic (exact) mass is 275 g/mol. The smallest absolute Gasteiger partial charge is 0.183 e. The Kier molecular flexibility index (Phi) is 2.89. The summed E-state index contributed by atoms with van der Waals surface area (Å²) in [5, 5.41) is 9.84. The SMILES string of the molecule is Cc1ccc(-c2n[nH]c(-c3cccs3)n2)c(Cl)c1. The molecule has 0 amide bonds. The third-order valence-corrected chi connectivity index (χ3v) is 3.79. The zero-order chi connectivity index (χ0) is 12.5. The van der Waals surface area contributed by atoms with Crippen molar-refractivity contribution in [3.63, 3.8) is 0 Å². The number of aryl methyl sites for hydroxylation is 1. The number of thiophene rings is 1. The highest BCUT2D eigenvalue weighted by atomic mass is 35.5. The highest BCUT2D eigenvalue weighted by molar-refractivity contribution is 7.13. The number of H-pyrrole nitrogens is 1. The molecule has 0 atom stereocenters. The summed E-state index contributed by atoms with van der Waals surface area (Å²) in [6.45, 7) is 2.00. The number of nitrogens with one attached hydrogen (secondary N) is 1. The van der Waals surface area contributed by atoms with Gasteiger partial charge in [0.2, 0.25) is 0 Å². The molecule has 0 saturated heterocycles. The van der Waals surface area contributed by atoms with E-state index in [9.17, 15) is 0 Å². The molecule has 3 rings (SSSR count). The molecule has 0 unspecified atom stereocenters. The Hall–Kier alpha value is -1.65. The van der Waals surface area contributed by atoms with Gasteiger partial charge in [-0.3, -0.25) is 5.10 Å². The second-order valence-electron chi connectivity index (χ2n) is 3.97. The number of halogens is 1. The molecule has 0 aliphatic rings. The predicted octanol–water partition coefficient (Wildman–Crippen LogP) is 4.16. The Bertz CT molecular complexity index is 673. The topological polar surface area (TPSA) is 41.6 Å². The lowest BCUT2D eigenvalue weighted by atomic mass is 10.1. The minimum atomic E-state index is 0.628. The maximum absolute atomic E-state index is 6.21. The first-order valence-electron chi connectivity index (χ1n) is 5.47. The van der Waals surface area contributed by atoms with Gasteiger partial charge >= 0.3 is 0 Å². The van der Waals surface area contributed by atoms with Crippen LogP contribution in [0.15, 0.2) is 35.7 Å². The summed E-state index contributed by atoms with van der Waals surface area (Å²) in [5.74, 6) is 1.40. The number of aromatic amines is 1. The molecule has 1 N–H and O–H groups in total. The van der Waals surface area contributed by atoms with Gasteiger partial charge in [0.1, 0.15) is 0 Å². The number of nitrogens with zero attached hydrogens (tertiary/aromatic N) is 2. The number of rotatable bonds is 2. The van der Waals surface area contributed by atoms with Crippen molar-refractivity contribution in [2.24, 2.45) is 0 Å². The van der Waals surface area contributed by atoms with E-state index in [-0.39, 0.29) is 0 Å². The van der Waals surface area contributed by atoms with Crippen LogP contribution in [0.1, 0.15) is 5.56 Å². The average molecular weight is 276 g/mol. The summed E-state index contributed by atoms with van der Waals surface area (Å²) in [6, 6.07) is 9.85. The number of hydrogen-bond acceptors (Lipinski definition) is 3. The van der Waals surface area contributed by atoms with E-state index in [0.717, 1.165) is 21.8 Å². The summed E-state index contributed by atoms with van der Waals surface area (Å²) >= 11 is 7.83. The molecule has 0 bridgehead atoms. The minimum Gasteiger partial charge on any atom is -0.258 e. The minimum absolute atomic E-state index is 0.628. The number of benzene rings is 1. The quantitative estimate of drug-likeness (QED) is 0.763. The van der Waals surface area contributed by atoms with E-state index in [0.29, 0.717) is 10.8 Å². The Labute approximate surface area is 113 Å². The summed E-state index contributed by atoms with van der Waals surface area (Å²) in [5.41, 5.74) is 1.97. The molecule has 0 radical (unpaired) electrons. The zero-order valence-corrected chi connectivity index (χ0v) is 11.2. The number of aromatic nitrogens is 3. The molecule has 5 heteroatoms. The Morgan fingerprint density at radius 3 is 2.89 bits per heavy atom. The first-order valence-corrected chi connectivity index (χ1v) is 6.72. The fraction of sp³-hybridized carbons (Fsp3) is 0.0769. The average Bonchev–Trinajstić information content (AvgIpc) is 2.99. The second-order valence-corrected chi connectivity index (χ2v) is 5.32. The molecule has 3 aromatic rings. The van der Waals surface area contributed by atoms with E-state index < -0.39 is 0 Å². The van der Waals surface area contributed by atoms with Gasteiger partial charge in [-0.25, -0.2) is 4.98 Å². The summed E-state index contributed by atoms with van der Waals surface area (Å²) in [6.07, 6.45) is 0. The van der Waals surface area contributed by atoms with Crippen molar-refractivity contribution in [2.45, 2.75) is 6.92 Å². The normalized spacial score (nSPS) is 10.8. The Morgan fingerprint density at radius 2 is 2.17 bits per heavy atom. The molecule has 0 spiro atoms. The van der Waals surface area contributed by atoms with Crippen molar-refractivity contribution >= 4 is 22.9 Å². The maximum atomic E-state index is 6.21. The molecule has 0 aliphatic heterocycles. The van der Waals surface area contributed by atoms with Gasteiger partial charge in [0, 0.05) is 5.56 Å². The zero-order valence-electron chi connectivity index (χ0n) is 9.64. The van der Waals surface area contributed by atoms with Crippen LogP contribution in [0.3, 0.4) is 0 Å². The molecule has 2 aromatic heterocycles. The molecular weight excluding hydrogens is 266 g/mol. The second kappa shape index (κ2) is 4.55. The van der Waals surface area contributed by atoms with Crippen LogP contribution in [0.25, 0.3) is 22.1 Å². The molecule has 18 heavy (non-hydrogen) atoms. The van der Waals surface area contributed by atoms with Crippen molar-refractivity contribution in [3.05, 3.63) is 46.3 Å². The highest BCUT2D eigenvalue weighted by Crippen LogP contribution is 2.28. The van der Waals surface area contributed by atoms with Crippen LogP contribution in [-0.4, -0.2) is 15.2 Å². The standard InChI is InChI=1S/C13H10ClN3S/c1-8-4-5-9(10(14)7-8)12-15-13(17-16-12)11-3-2-6-18-11/h2-7H,1H3,(H,15,16,17). The van der Waals surface area contributed by atoms with Crippen LogP contribution in [0, 0.1) is 6.92 Å². The van der Waals surface area contributed by atoms with Crippen LogP contribution in [0.5, 0.6) is 0 Å². The third kappa shape index (κ3) is 2.05. The van der Waals surface area contributed by atoms with E-state index in [2.05, 4.69) is 15.2 Å². The van der Waals surface area contributed by atoms with Crippen molar-refractivity contribution < 1.29 is 0 Å². The molecule has 3 nitrogen and oxygen atoms in total. The molecule has 1 aromatic carbocycles. The first-order chi connectivity index (χ1) is 8.74. The molecular formula is C13H10ClN3S.